The minimum atomic E-state index is -0.506. The van der Waals surface area contributed by atoms with Gasteiger partial charge in [-0.05, 0) is 36.8 Å². The first-order valence-electron chi connectivity index (χ1n) is 10.6. The molecule has 34 heavy (non-hydrogen) atoms. The monoisotopic (exact) mass is 451 g/mol. The smallest absolute Gasteiger partial charge is 0.280 e. The lowest BCUT2D eigenvalue weighted by Gasteiger charge is -2.13. The van der Waals surface area contributed by atoms with Crippen LogP contribution in [0.5, 0.6) is 5.75 Å². The molecule has 3 heterocycles. The van der Waals surface area contributed by atoms with Crippen LogP contribution < -0.4 is 15.6 Å². The third kappa shape index (κ3) is 3.81. The summed E-state index contributed by atoms with van der Waals surface area (Å²) >= 11 is 0. The lowest BCUT2D eigenvalue weighted by Crippen LogP contribution is -2.26. The maximum absolute atomic E-state index is 13.3. The molecule has 5 aromatic rings. The largest absolute Gasteiger partial charge is 0.494 e. The van der Waals surface area contributed by atoms with E-state index < -0.39 is 11.5 Å². The number of rotatable bonds is 5. The van der Waals surface area contributed by atoms with Gasteiger partial charge in [-0.2, -0.15) is 9.78 Å². The number of para-hydroxylation sites is 2. The Kier molecular flexibility index (Phi) is 5.39. The summed E-state index contributed by atoms with van der Waals surface area (Å²) in [4.78, 5) is 30.6. The van der Waals surface area contributed by atoms with Crippen LogP contribution in [0.25, 0.3) is 22.6 Å². The summed E-state index contributed by atoms with van der Waals surface area (Å²) in [5.41, 5.74) is 4.07. The number of carbonyl (C=O) groups excluding carboxylic acids is 1. The summed E-state index contributed by atoms with van der Waals surface area (Å²) < 4.78 is 8.41. The number of carbonyl (C=O) groups is 1. The zero-order valence-corrected chi connectivity index (χ0v) is 18.6. The molecule has 0 unspecified atom stereocenters. The molecule has 5 rings (SSSR count). The van der Waals surface area contributed by atoms with Gasteiger partial charge in [0, 0.05) is 18.0 Å². The number of hydrogen-bond donors (Lipinski definition) is 1. The molecule has 0 saturated heterocycles. The number of pyridine rings is 1. The van der Waals surface area contributed by atoms with Crippen molar-refractivity contribution in [3.8, 4) is 22.7 Å². The fourth-order valence-electron chi connectivity index (χ4n) is 3.79. The van der Waals surface area contributed by atoms with Crippen molar-refractivity contribution < 1.29 is 9.53 Å². The van der Waals surface area contributed by atoms with E-state index >= 15 is 0 Å². The quantitative estimate of drug-likeness (QED) is 0.434. The van der Waals surface area contributed by atoms with Crippen LogP contribution in [0, 0.1) is 6.92 Å². The van der Waals surface area contributed by atoms with Crippen molar-refractivity contribution >= 4 is 17.2 Å². The Bertz CT molecular complexity index is 1570. The average molecular weight is 451 g/mol. The molecule has 0 bridgehead atoms. The Morgan fingerprint density at radius 2 is 1.76 bits per heavy atom. The molecule has 0 fully saturated rings. The molecule has 0 atom stereocenters. The van der Waals surface area contributed by atoms with E-state index in [9.17, 15) is 9.59 Å². The van der Waals surface area contributed by atoms with Crippen LogP contribution >= 0.6 is 0 Å². The zero-order valence-electron chi connectivity index (χ0n) is 18.6. The van der Waals surface area contributed by atoms with Crippen LogP contribution in [-0.2, 0) is 0 Å². The van der Waals surface area contributed by atoms with Gasteiger partial charge in [0.05, 0.1) is 30.2 Å². The van der Waals surface area contributed by atoms with Crippen molar-refractivity contribution in [3.05, 3.63) is 107 Å². The lowest BCUT2D eigenvalue weighted by atomic mass is 10.1. The van der Waals surface area contributed by atoms with E-state index in [1.165, 1.54) is 17.9 Å². The van der Waals surface area contributed by atoms with Gasteiger partial charge in [-0.25, -0.2) is 4.98 Å². The number of amides is 1. The van der Waals surface area contributed by atoms with E-state index in [2.05, 4.69) is 10.4 Å². The number of nitrogens with one attached hydrogen (secondary N) is 1. The van der Waals surface area contributed by atoms with Crippen LogP contribution in [0.15, 0.2) is 90.0 Å². The van der Waals surface area contributed by atoms with E-state index in [0.29, 0.717) is 11.4 Å². The first-order valence-corrected chi connectivity index (χ1v) is 10.6. The highest BCUT2D eigenvalue weighted by atomic mass is 16.5. The van der Waals surface area contributed by atoms with Gasteiger partial charge in [-0.1, -0.05) is 42.5 Å². The van der Waals surface area contributed by atoms with Gasteiger partial charge < -0.3 is 14.5 Å². The molecule has 8 heteroatoms. The summed E-state index contributed by atoms with van der Waals surface area (Å²) in [6.07, 6.45) is 3.85. The number of aromatic nitrogens is 4. The Hall–Kier alpha value is -4.72. The van der Waals surface area contributed by atoms with Crippen LogP contribution in [0.1, 0.15) is 16.1 Å². The second-order valence-corrected chi connectivity index (χ2v) is 7.69. The van der Waals surface area contributed by atoms with Crippen LogP contribution in [-0.4, -0.2) is 32.2 Å². The van der Waals surface area contributed by atoms with E-state index in [1.54, 1.807) is 30.3 Å². The minimum Gasteiger partial charge on any atom is -0.494 e. The number of ether oxygens (including phenoxy) is 1. The number of hydrogen-bond acceptors (Lipinski definition) is 5. The van der Waals surface area contributed by atoms with Gasteiger partial charge >= 0.3 is 0 Å². The second-order valence-electron chi connectivity index (χ2n) is 7.69. The molecule has 8 nitrogen and oxygen atoms in total. The molecule has 1 N–H and O–H groups in total. The van der Waals surface area contributed by atoms with E-state index in [0.717, 1.165) is 22.5 Å². The van der Waals surface area contributed by atoms with Crippen molar-refractivity contribution in [2.24, 2.45) is 0 Å². The number of fused-ring (bicyclic) bond motifs is 1. The molecular formula is C26H21N5O3. The highest BCUT2D eigenvalue weighted by Gasteiger charge is 2.20. The number of nitrogens with zero attached hydrogens (tertiary/aromatic N) is 4. The molecule has 0 aliphatic heterocycles. The molecule has 0 radical (unpaired) electrons. The fraction of sp³-hybridized carbons (Fsp3) is 0.0769. The fourth-order valence-corrected chi connectivity index (χ4v) is 3.79. The molecule has 0 aliphatic carbocycles. The lowest BCUT2D eigenvalue weighted by molar-refractivity contribution is 0.101. The first kappa shape index (κ1) is 21.1. The van der Waals surface area contributed by atoms with Crippen LogP contribution in [0.2, 0.25) is 0 Å². The van der Waals surface area contributed by atoms with Crippen molar-refractivity contribution in [1.82, 2.24) is 19.2 Å². The summed E-state index contributed by atoms with van der Waals surface area (Å²) in [5.74, 6) is -0.413. The van der Waals surface area contributed by atoms with Crippen LogP contribution in [0.4, 0.5) is 5.69 Å². The number of imidazole rings is 1. The minimum absolute atomic E-state index is 0.00778. The van der Waals surface area contributed by atoms with Crippen LogP contribution in [0.3, 0.4) is 0 Å². The Morgan fingerprint density at radius 1 is 1.00 bits per heavy atom. The molecule has 2 aromatic carbocycles. The summed E-state index contributed by atoms with van der Waals surface area (Å²) in [7, 11) is 1.40. The van der Waals surface area contributed by atoms with Crippen molar-refractivity contribution in [2.75, 3.05) is 12.4 Å². The average Bonchev–Trinajstić information content (AvgIpc) is 3.30. The van der Waals surface area contributed by atoms with Crippen molar-refractivity contribution in [1.29, 1.82) is 0 Å². The molecule has 168 valence electrons. The number of aryl methyl sites for hydroxylation is 1. The summed E-state index contributed by atoms with van der Waals surface area (Å²) in [6, 6.07) is 21.5. The highest BCUT2D eigenvalue weighted by Crippen LogP contribution is 2.29. The van der Waals surface area contributed by atoms with Gasteiger partial charge in [0.15, 0.2) is 11.4 Å². The van der Waals surface area contributed by atoms with Gasteiger partial charge in [0.25, 0.3) is 11.5 Å². The van der Waals surface area contributed by atoms with Gasteiger partial charge in [-0.15, -0.1) is 0 Å². The van der Waals surface area contributed by atoms with E-state index in [1.807, 2.05) is 60.1 Å². The maximum atomic E-state index is 13.3. The topological polar surface area (TPSA) is 90.5 Å². The molecule has 0 spiro atoms. The van der Waals surface area contributed by atoms with Crippen molar-refractivity contribution in [3.63, 3.8) is 0 Å². The third-order valence-corrected chi connectivity index (χ3v) is 5.46. The predicted molar refractivity (Wildman–Crippen MR) is 130 cm³/mol. The second kappa shape index (κ2) is 8.67. The molecule has 1 amide bonds. The predicted octanol–water partition coefficient (Wildman–Crippen LogP) is 4.12. The van der Waals surface area contributed by atoms with Crippen molar-refractivity contribution in [2.45, 2.75) is 6.92 Å². The van der Waals surface area contributed by atoms with Gasteiger partial charge in [0.2, 0.25) is 0 Å². The molecule has 0 saturated carbocycles. The molecular weight excluding hydrogens is 430 g/mol. The van der Waals surface area contributed by atoms with Gasteiger partial charge in [0.1, 0.15) is 5.65 Å². The number of benzene rings is 2. The molecule has 3 aromatic heterocycles. The number of methoxy groups -OCH3 is 1. The normalized spacial score (nSPS) is 10.9. The van der Waals surface area contributed by atoms with E-state index in [-0.39, 0.29) is 11.4 Å². The Morgan fingerprint density at radius 3 is 2.53 bits per heavy atom. The van der Waals surface area contributed by atoms with Gasteiger partial charge in [-0.3, -0.25) is 9.59 Å². The number of anilines is 1. The SMILES string of the molecule is COc1cc(=O)n(-c2ccccc2)nc1C(=O)Nc1ccccc1-c1cn2cccc(C)c2n1. The summed E-state index contributed by atoms with van der Waals surface area (Å²) in [5, 5.41) is 7.22. The standard InChI is InChI=1S/C26H21N5O3/c1-17-9-8-14-30-16-21(27-25(17)30)19-12-6-7-13-20(19)28-26(33)24-22(34-2)15-23(32)31(29-24)18-10-4-3-5-11-18/h3-16H,1-2H3,(H,28,33). The highest BCUT2D eigenvalue weighted by molar-refractivity contribution is 6.06. The first-order chi connectivity index (χ1) is 16.5. The third-order valence-electron chi connectivity index (χ3n) is 5.46. The maximum Gasteiger partial charge on any atom is 0.280 e. The summed E-state index contributed by atoms with van der Waals surface area (Å²) in [6.45, 7) is 2.00. The zero-order chi connectivity index (χ0) is 23.7. The Labute approximate surface area is 195 Å². The Balaban J connectivity index is 1.54. The van der Waals surface area contributed by atoms with E-state index in [4.69, 9.17) is 9.72 Å². The molecule has 0 aliphatic rings.